The largest absolute Gasteiger partial charge is 0.490 e. The number of fused-ring (bicyclic) bond motifs is 2. The van der Waals surface area contributed by atoms with Gasteiger partial charge in [-0.15, -0.1) is 0 Å². The molecule has 2 aromatic carbocycles. The lowest BCUT2D eigenvalue weighted by molar-refractivity contribution is 0.0720. The van der Waals surface area contributed by atoms with E-state index in [1.165, 1.54) is 0 Å². The van der Waals surface area contributed by atoms with Gasteiger partial charge in [0.15, 0.2) is 5.43 Å². The first-order valence-corrected chi connectivity index (χ1v) is 12.5. The maximum Gasteiger partial charge on any atom is 0.290 e. The van der Waals surface area contributed by atoms with Crippen LogP contribution in [-0.4, -0.2) is 48.5 Å². The summed E-state index contributed by atoms with van der Waals surface area (Å²) in [5, 5.41) is 0.518. The van der Waals surface area contributed by atoms with Crippen molar-refractivity contribution in [2.75, 3.05) is 32.8 Å². The van der Waals surface area contributed by atoms with Gasteiger partial charge in [0.2, 0.25) is 5.76 Å². The van der Waals surface area contributed by atoms with Crippen LogP contribution in [0.4, 0.5) is 0 Å². The second kappa shape index (κ2) is 10.9. The Bertz CT molecular complexity index is 1280. The Morgan fingerprint density at radius 3 is 2.63 bits per heavy atom. The molecule has 0 fully saturated rings. The van der Waals surface area contributed by atoms with Gasteiger partial charge in [-0.1, -0.05) is 51.6 Å². The third-order valence-electron chi connectivity index (χ3n) is 6.75. The molecule has 184 valence electrons. The minimum absolute atomic E-state index is 0.140. The maximum atomic E-state index is 13.8. The van der Waals surface area contributed by atoms with Crippen molar-refractivity contribution in [3.8, 4) is 5.75 Å². The Kier molecular flexibility index (Phi) is 7.71. The van der Waals surface area contributed by atoms with E-state index in [0.29, 0.717) is 35.4 Å². The van der Waals surface area contributed by atoms with Crippen molar-refractivity contribution in [2.45, 2.75) is 39.7 Å². The monoisotopic (exact) mass is 474 g/mol. The highest BCUT2D eigenvalue weighted by molar-refractivity contribution is 5.99. The summed E-state index contributed by atoms with van der Waals surface area (Å²) in [6, 6.07) is 12.7. The summed E-state index contributed by atoms with van der Waals surface area (Å²) in [6.45, 7) is 13.7. The Hall–Kier alpha value is -3.38. The van der Waals surface area contributed by atoms with Crippen molar-refractivity contribution in [3.05, 3.63) is 87.8 Å². The van der Waals surface area contributed by atoms with Crippen LogP contribution in [0.1, 0.15) is 60.5 Å². The maximum absolute atomic E-state index is 13.8. The van der Waals surface area contributed by atoms with Crippen LogP contribution in [0.5, 0.6) is 5.75 Å². The van der Waals surface area contributed by atoms with Gasteiger partial charge in [0.25, 0.3) is 5.91 Å². The first-order chi connectivity index (χ1) is 17.0. The summed E-state index contributed by atoms with van der Waals surface area (Å²) >= 11 is 0. The van der Waals surface area contributed by atoms with E-state index < -0.39 is 6.04 Å². The molecule has 3 aromatic rings. The van der Waals surface area contributed by atoms with E-state index >= 15 is 0 Å². The molecule has 6 nitrogen and oxygen atoms in total. The average Bonchev–Trinajstić information content (AvgIpc) is 3.17. The normalized spacial score (nSPS) is 15.1. The van der Waals surface area contributed by atoms with Crippen molar-refractivity contribution >= 4 is 16.9 Å². The summed E-state index contributed by atoms with van der Waals surface area (Å²) in [7, 11) is 0. The van der Waals surface area contributed by atoms with Crippen LogP contribution in [0.15, 0.2) is 64.3 Å². The van der Waals surface area contributed by atoms with Crippen LogP contribution in [-0.2, 0) is 6.42 Å². The van der Waals surface area contributed by atoms with Crippen LogP contribution in [0.3, 0.4) is 0 Å². The van der Waals surface area contributed by atoms with Crippen molar-refractivity contribution in [2.24, 2.45) is 0 Å². The number of nitrogens with zero attached hydrogens (tertiary/aromatic N) is 2. The lowest BCUT2D eigenvalue weighted by Crippen LogP contribution is -2.33. The molecule has 0 aliphatic carbocycles. The topological polar surface area (TPSA) is 63.0 Å². The van der Waals surface area contributed by atoms with Crippen LogP contribution in [0.2, 0.25) is 0 Å². The molecule has 0 N–H and O–H groups in total. The molecule has 1 amide bonds. The van der Waals surface area contributed by atoms with Gasteiger partial charge in [-0.25, -0.2) is 0 Å². The highest BCUT2D eigenvalue weighted by Crippen LogP contribution is 2.39. The van der Waals surface area contributed by atoms with E-state index in [-0.39, 0.29) is 17.1 Å². The summed E-state index contributed by atoms with van der Waals surface area (Å²) < 4.78 is 11.8. The Morgan fingerprint density at radius 2 is 1.91 bits per heavy atom. The number of hydrogen-bond donors (Lipinski definition) is 0. The van der Waals surface area contributed by atoms with Crippen LogP contribution in [0.25, 0.3) is 11.0 Å². The number of carbonyl (C=O) groups excluding carboxylic acids is 1. The molecule has 2 heterocycles. The van der Waals surface area contributed by atoms with Gasteiger partial charge in [-0.05, 0) is 67.9 Å². The molecule has 1 aromatic heterocycles. The lowest BCUT2D eigenvalue weighted by atomic mass is 9.97. The van der Waals surface area contributed by atoms with E-state index in [0.717, 1.165) is 43.6 Å². The first-order valence-electron chi connectivity index (χ1n) is 12.5. The Labute approximate surface area is 206 Å². The molecule has 0 radical (unpaired) electrons. The van der Waals surface area contributed by atoms with E-state index in [1.807, 2.05) is 36.4 Å². The van der Waals surface area contributed by atoms with Crippen molar-refractivity contribution in [3.63, 3.8) is 0 Å². The smallest absolute Gasteiger partial charge is 0.290 e. The van der Waals surface area contributed by atoms with Crippen LogP contribution >= 0.6 is 0 Å². The van der Waals surface area contributed by atoms with E-state index in [1.54, 1.807) is 17.0 Å². The molecule has 0 saturated heterocycles. The minimum Gasteiger partial charge on any atom is -0.490 e. The number of hydrogen-bond acceptors (Lipinski definition) is 5. The molecule has 35 heavy (non-hydrogen) atoms. The third-order valence-corrected chi connectivity index (χ3v) is 6.75. The minimum atomic E-state index is -0.521. The number of amides is 1. The molecule has 1 aliphatic rings. The van der Waals surface area contributed by atoms with Gasteiger partial charge < -0.3 is 19.0 Å². The SMILES string of the molecule is C=CCOc1cccc(C2c3c(oc4ccc(CC)cc4c3=O)C(=O)N2CCCN(CC)CC)c1. The zero-order chi connectivity index (χ0) is 24.9. The Morgan fingerprint density at radius 1 is 1.11 bits per heavy atom. The van der Waals surface area contributed by atoms with Crippen LogP contribution < -0.4 is 10.2 Å². The molecule has 1 aliphatic heterocycles. The predicted molar refractivity (Wildman–Crippen MR) is 139 cm³/mol. The quantitative estimate of drug-likeness (QED) is 0.358. The first kappa shape index (κ1) is 24.7. The number of aryl methyl sites for hydroxylation is 1. The molecule has 0 bridgehead atoms. The third kappa shape index (κ3) is 4.89. The highest BCUT2D eigenvalue weighted by atomic mass is 16.5. The van der Waals surface area contributed by atoms with Gasteiger partial charge in [0.05, 0.1) is 17.0 Å². The fourth-order valence-electron chi connectivity index (χ4n) is 4.80. The summed E-state index contributed by atoms with van der Waals surface area (Å²) in [6.07, 6.45) is 3.31. The number of rotatable bonds is 11. The second-order valence-electron chi connectivity index (χ2n) is 8.81. The number of ether oxygens (including phenoxy) is 1. The second-order valence-corrected chi connectivity index (χ2v) is 8.81. The molecule has 0 saturated carbocycles. The predicted octanol–water partition coefficient (Wildman–Crippen LogP) is 5.20. The highest BCUT2D eigenvalue weighted by Gasteiger charge is 2.42. The standard InChI is InChI=1S/C29H34N2O4/c1-5-17-34-22-12-9-11-21(19-22)26-25-27(32)23-18-20(6-2)13-14-24(23)35-28(25)29(33)31(26)16-10-15-30(7-3)8-4/h5,9,11-14,18-19,26H,1,6-8,10,15-17H2,2-4H3. The summed E-state index contributed by atoms with van der Waals surface area (Å²) in [5.74, 6) is 0.586. The van der Waals surface area contributed by atoms with Gasteiger partial charge >= 0.3 is 0 Å². The van der Waals surface area contributed by atoms with Crippen molar-refractivity contribution in [1.82, 2.24) is 9.80 Å². The fourth-order valence-corrected chi connectivity index (χ4v) is 4.80. The van der Waals surface area contributed by atoms with Crippen LogP contribution in [0, 0.1) is 0 Å². The summed E-state index contributed by atoms with van der Waals surface area (Å²) in [5.41, 5.74) is 2.62. The van der Waals surface area contributed by atoms with E-state index in [4.69, 9.17) is 9.15 Å². The Balaban J connectivity index is 1.81. The molecule has 4 rings (SSSR count). The van der Waals surface area contributed by atoms with Gasteiger partial charge in [-0.3, -0.25) is 9.59 Å². The zero-order valence-electron chi connectivity index (χ0n) is 20.9. The van der Waals surface area contributed by atoms with Gasteiger partial charge in [0, 0.05) is 6.54 Å². The lowest BCUT2D eigenvalue weighted by Gasteiger charge is -2.27. The van der Waals surface area contributed by atoms with Crippen molar-refractivity contribution in [1.29, 1.82) is 0 Å². The van der Waals surface area contributed by atoms with E-state index in [9.17, 15) is 9.59 Å². The number of carbonyl (C=O) groups is 1. The molecule has 0 spiro atoms. The van der Waals surface area contributed by atoms with E-state index in [2.05, 4.69) is 32.3 Å². The molecule has 1 unspecified atom stereocenters. The van der Waals surface area contributed by atoms with Gasteiger partial charge in [-0.2, -0.15) is 0 Å². The molecule has 1 atom stereocenters. The molecule has 6 heteroatoms. The zero-order valence-corrected chi connectivity index (χ0v) is 20.9. The summed E-state index contributed by atoms with van der Waals surface area (Å²) in [4.78, 5) is 31.5. The van der Waals surface area contributed by atoms with Gasteiger partial charge in [0.1, 0.15) is 17.9 Å². The van der Waals surface area contributed by atoms with Crippen molar-refractivity contribution < 1.29 is 13.9 Å². The number of benzene rings is 2. The molecular weight excluding hydrogens is 440 g/mol. The average molecular weight is 475 g/mol. The fraction of sp³-hybridized carbons (Fsp3) is 0.379. The molecular formula is C29H34N2O4.